The minimum atomic E-state index is -1.65. The molecule has 5 heterocycles. The lowest BCUT2D eigenvalue weighted by atomic mass is 9.96. The van der Waals surface area contributed by atoms with Gasteiger partial charge < -0.3 is 41.4 Å². The maximum Gasteiger partial charge on any atom is 0.202 e. The number of nitrogens with zero attached hydrogens (tertiary/aromatic N) is 7. The molecule has 0 bridgehead atoms. The highest BCUT2D eigenvalue weighted by atomic mass is 16.6. The summed E-state index contributed by atoms with van der Waals surface area (Å²) in [4.78, 5) is 28.2. The average Bonchev–Trinajstić information content (AvgIpc) is 3.47. The molecule has 15 heteroatoms. The molecule has 5 rings (SSSR count). The number of nitrogen functional groups attached to an aromatic ring is 1. The van der Waals surface area contributed by atoms with Gasteiger partial charge in [-0.1, -0.05) is 0 Å². The third-order valence-electron chi connectivity index (χ3n) is 5.57. The second kappa shape index (κ2) is 8.04. The Balaban J connectivity index is 1.29. The van der Waals surface area contributed by atoms with Crippen molar-refractivity contribution in [1.82, 2.24) is 39.5 Å². The summed E-state index contributed by atoms with van der Waals surface area (Å²) in [6, 6.07) is 0. The molecule has 174 valence electrons. The van der Waals surface area contributed by atoms with Gasteiger partial charge >= 0.3 is 0 Å². The van der Waals surface area contributed by atoms with Gasteiger partial charge in [0.2, 0.25) is 5.95 Å². The lowest BCUT2D eigenvalue weighted by Crippen LogP contribution is -2.44. The predicted molar refractivity (Wildman–Crippen MR) is 116 cm³/mol. The van der Waals surface area contributed by atoms with Gasteiger partial charge in [-0.15, -0.1) is 0 Å². The molecular weight excluding hydrogens is 434 g/mol. The molecule has 8 N–H and O–H groups in total. The molecule has 1 aliphatic heterocycles. The molecule has 4 aromatic rings. The first-order valence-corrected chi connectivity index (χ1v) is 10.2. The Labute approximate surface area is 186 Å². The van der Waals surface area contributed by atoms with Gasteiger partial charge in [-0.2, -0.15) is 4.98 Å². The fourth-order valence-electron chi connectivity index (χ4n) is 3.84. The van der Waals surface area contributed by atoms with Crippen LogP contribution in [0.5, 0.6) is 0 Å². The van der Waals surface area contributed by atoms with Crippen molar-refractivity contribution >= 4 is 39.9 Å². The summed E-state index contributed by atoms with van der Waals surface area (Å²) in [5.74, 6) is 1.31. The van der Waals surface area contributed by atoms with E-state index in [1.54, 1.807) is 0 Å². The quantitative estimate of drug-likeness (QED) is 0.159. The lowest BCUT2D eigenvalue weighted by molar-refractivity contribution is -0.0950. The summed E-state index contributed by atoms with van der Waals surface area (Å²) < 4.78 is 7.18. The zero-order valence-corrected chi connectivity index (χ0v) is 17.5. The normalized spacial score (nSPS) is 25.2. The fourth-order valence-corrected chi connectivity index (χ4v) is 3.84. The number of hydrogen-bond donors (Lipinski definition) is 7. The Morgan fingerprint density at radius 2 is 1.97 bits per heavy atom. The highest BCUT2D eigenvalue weighted by Crippen LogP contribution is 2.39. The van der Waals surface area contributed by atoms with E-state index in [-0.39, 0.29) is 0 Å². The van der Waals surface area contributed by atoms with E-state index >= 15 is 0 Å². The molecule has 1 aliphatic rings. The summed E-state index contributed by atoms with van der Waals surface area (Å²) in [6.45, 7) is 1.97. The van der Waals surface area contributed by atoms with Gasteiger partial charge in [0.05, 0.1) is 12.9 Å². The van der Waals surface area contributed by atoms with E-state index in [1.165, 1.54) is 30.5 Å². The van der Waals surface area contributed by atoms with Crippen LogP contribution in [-0.4, -0.2) is 92.3 Å². The van der Waals surface area contributed by atoms with Gasteiger partial charge in [0, 0.05) is 13.1 Å². The van der Waals surface area contributed by atoms with Crippen molar-refractivity contribution in [3.05, 3.63) is 19.0 Å². The summed E-state index contributed by atoms with van der Waals surface area (Å²) in [7, 11) is 0. The molecule has 0 spiro atoms. The smallest absolute Gasteiger partial charge is 0.202 e. The van der Waals surface area contributed by atoms with Crippen LogP contribution in [0.3, 0.4) is 0 Å². The second-order valence-electron chi connectivity index (χ2n) is 7.82. The van der Waals surface area contributed by atoms with E-state index in [0.717, 1.165) is 0 Å². The molecule has 1 fully saturated rings. The van der Waals surface area contributed by atoms with E-state index in [9.17, 15) is 15.3 Å². The minimum Gasteiger partial charge on any atom is -0.394 e. The number of imidazole rings is 2. The number of aliphatic hydroxyl groups excluding tert-OH is 2. The van der Waals surface area contributed by atoms with Crippen molar-refractivity contribution in [3.8, 4) is 0 Å². The summed E-state index contributed by atoms with van der Waals surface area (Å²) in [5.41, 5.74) is 6.06. The SMILES string of the molecule is C[C@@]1(O)C(O)C(CO)OC1n1cnc2c(NCCNc3nc4ncnc(N)c4[nH]3)ncnc21. The summed E-state index contributed by atoms with van der Waals surface area (Å²) >= 11 is 0. The van der Waals surface area contributed by atoms with Crippen LogP contribution in [-0.2, 0) is 4.74 Å². The van der Waals surface area contributed by atoms with Crippen molar-refractivity contribution in [1.29, 1.82) is 0 Å². The maximum absolute atomic E-state index is 10.7. The average molecular weight is 457 g/mol. The van der Waals surface area contributed by atoms with Crippen molar-refractivity contribution in [2.45, 2.75) is 31.0 Å². The first-order chi connectivity index (χ1) is 15.9. The van der Waals surface area contributed by atoms with E-state index in [1.807, 2.05) is 0 Å². The number of aromatic amines is 1. The molecule has 0 saturated carbocycles. The Bertz CT molecular complexity index is 1290. The Kier molecular flexibility index (Phi) is 5.16. The number of ether oxygens (including phenoxy) is 1. The zero-order chi connectivity index (χ0) is 23.2. The number of fused-ring (bicyclic) bond motifs is 2. The topological polar surface area (TPSA) is 218 Å². The number of hydrogen-bond acceptors (Lipinski definition) is 13. The highest BCUT2D eigenvalue weighted by Gasteiger charge is 2.53. The van der Waals surface area contributed by atoms with E-state index in [0.29, 0.717) is 53.0 Å². The van der Waals surface area contributed by atoms with Crippen molar-refractivity contribution in [3.63, 3.8) is 0 Å². The molecule has 33 heavy (non-hydrogen) atoms. The molecule has 0 radical (unpaired) electrons. The molecule has 4 atom stereocenters. The molecule has 0 aliphatic carbocycles. The number of anilines is 3. The van der Waals surface area contributed by atoms with E-state index in [2.05, 4.69) is 45.5 Å². The standard InChI is InChI=1S/C18H23N11O4/c1-18(32)11(31)8(4-30)33-16(18)29-7-26-10-13(23-6-25-15(10)29)20-2-3-21-17-27-9-12(19)22-5-24-14(9)28-17/h5-8,11,16,30-32H,2-4H2,1H3,(H,20,23,25)(H4,19,21,22,24,27,28)/t8?,11?,16?,18-/m1/s1. The Morgan fingerprint density at radius 1 is 1.18 bits per heavy atom. The predicted octanol–water partition coefficient (Wildman–Crippen LogP) is -1.40. The molecule has 4 aromatic heterocycles. The van der Waals surface area contributed by atoms with Gasteiger partial charge in [-0.3, -0.25) is 4.57 Å². The largest absolute Gasteiger partial charge is 0.394 e. The second-order valence-corrected chi connectivity index (χ2v) is 7.82. The van der Waals surface area contributed by atoms with Crippen molar-refractivity contribution in [2.24, 2.45) is 0 Å². The first kappa shape index (κ1) is 21.2. The first-order valence-electron chi connectivity index (χ1n) is 10.2. The molecule has 3 unspecified atom stereocenters. The summed E-state index contributed by atoms with van der Waals surface area (Å²) in [6.07, 6.45) is 0.990. The molecule has 15 nitrogen and oxygen atoms in total. The molecule has 0 amide bonds. The van der Waals surface area contributed by atoms with Gasteiger partial charge in [-0.25, -0.2) is 24.9 Å². The van der Waals surface area contributed by atoms with Gasteiger partial charge in [-0.05, 0) is 6.92 Å². The number of rotatable bonds is 7. The number of aliphatic hydroxyl groups is 3. The summed E-state index contributed by atoms with van der Waals surface area (Å²) in [5, 5.41) is 36.7. The van der Waals surface area contributed by atoms with Crippen LogP contribution in [0, 0.1) is 0 Å². The van der Waals surface area contributed by atoms with Gasteiger partial charge in [0.15, 0.2) is 34.7 Å². The van der Waals surface area contributed by atoms with Crippen LogP contribution in [0.25, 0.3) is 22.3 Å². The lowest BCUT2D eigenvalue weighted by Gasteiger charge is -2.27. The van der Waals surface area contributed by atoms with Gasteiger partial charge in [0.25, 0.3) is 0 Å². The van der Waals surface area contributed by atoms with Crippen LogP contribution >= 0.6 is 0 Å². The van der Waals surface area contributed by atoms with Crippen LogP contribution in [0.1, 0.15) is 13.2 Å². The molecular formula is C18H23N11O4. The monoisotopic (exact) mass is 457 g/mol. The van der Waals surface area contributed by atoms with Crippen molar-refractivity contribution < 1.29 is 20.1 Å². The Morgan fingerprint density at radius 3 is 2.73 bits per heavy atom. The fraction of sp³-hybridized carbons (Fsp3) is 0.444. The number of nitrogens with one attached hydrogen (secondary N) is 3. The Hall–Kier alpha value is -3.66. The highest BCUT2D eigenvalue weighted by molar-refractivity contribution is 5.83. The van der Waals surface area contributed by atoms with Crippen LogP contribution in [0.15, 0.2) is 19.0 Å². The van der Waals surface area contributed by atoms with E-state index < -0.39 is 30.6 Å². The number of nitrogens with two attached hydrogens (primary N) is 1. The third kappa shape index (κ3) is 3.56. The molecule has 1 saturated heterocycles. The third-order valence-corrected chi connectivity index (χ3v) is 5.57. The zero-order valence-electron chi connectivity index (χ0n) is 17.5. The number of aromatic nitrogens is 8. The molecule has 0 aromatic carbocycles. The maximum atomic E-state index is 10.7. The van der Waals surface area contributed by atoms with Crippen LogP contribution in [0.2, 0.25) is 0 Å². The number of H-pyrrole nitrogens is 1. The minimum absolute atomic E-state index is 0.320. The van der Waals surface area contributed by atoms with E-state index in [4.69, 9.17) is 10.5 Å². The van der Waals surface area contributed by atoms with Crippen LogP contribution in [0.4, 0.5) is 17.6 Å². The van der Waals surface area contributed by atoms with Crippen LogP contribution < -0.4 is 16.4 Å². The van der Waals surface area contributed by atoms with Gasteiger partial charge in [0.1, 0.15) is 36.0 Å². The van der Waals surface area contributed by atoms with Crippen molar-refractivity contribution in [2.75, 3.05) is 36.1 Å².